The number of para-hydroxylation sites is 1. The Labute approximate surface area is 90.0 Å². The van der Waals surface area contributed by atoms with Crippen LogP contribution in [0.1, 0.15) is 0 Å². The second-order valence-corrected chi connectivity index (χ2v) is 3.35. The van der Waals surface area contributed by atoms with E-state index in [1.54, 1.807) is 18.2 Å². The molecule has 84 valence electrons. The van der Waals surface area contributed by atoms with Crippen LogP contribution in [0.25, 0.3) is 0 Å². The highest BCUT2D eigenvalue weighted by atomic mass is 15.0. The fraction of sp³-hybridized carbons (Fsp3) is 0.400. The van der Waals surface area contributed by atoms with Gasteiger partial charge in [0.25, 0.3) is 0 Å². The molecule has 1 heterocycles. The third kappa shape index (κ3) is 4.05. The van der Waals surface area contributed by atoms with Gasteiger partial charge in [0, 0.05) is 26.2 Å². The van der Waals surface area contributed by atoms with Crippen molar-refractivity contribution >= 4 is 17.1 Å². The van der Waals surface area contributed by atoms with Gasteiger partial charge in [0.1, 0.15) is 0 Å². The predicted octanol–water partition coefficient (Wildman–Crippen LogP) is -0.388. The van der Waals surface area contributed by atoms with Crippen molar-refractivity contribution in [2.75, 3.05) is 43.4 Å². The summed E-state index contributed by atoms with van der Waals surface area (Å²) in [6, 6.07) is 5.19. The Morgan fingerprint density at radius 3 is 1.47 bits per heavy atom. The second kappa shape index (κ2) is 6.10. The van der Waals surface area contributed by atoms with E-state index in [1.165, 1.54) is 0 Å². The number of anilines is 3. The number of nitrogen functional groups attached to an aromatic ring is 3. The number of nitrogens with two attached hydrogens (primary N) is 3. The summed E-state index contributed by atoms with van der Waals surface area (Å²) in [6.45, 7) is 4.56. The van der Waals surface area contributed by atoms with E-state index in [4.69, 9.17) is 17.2 Å². The first-order valence-corrected chi connectivity index (χ1v) is 5.02. The Morgan fingerprint density at radius 2 is 1.20 bits per heavy atom. The lowest BCUT2D eigenvalue weighted by Gasteiger charge is -2.11. The molecule has 1 aliphatic rings. The maximum absolute atomic E-state index is 5.43. The highest BCUT2D eigenvalue weighted by Gasteiger charge is 1.94. The first-order valence-electron chi connectivity index (χ1n) is 5.02. The van der Waals surface area contributed by atoms with E-state index in [0.29, 0.717) is 17.1 Å². The molecule has 2 rings (SSSR count). The molecular formula is C10H19N5. The highest BCUT2D eigenvalue weighted by Crippen LogP contribution is 2.20. The lowest BCUT2D eigenvalue weighted by Crippen LogP contribution is -2.39. The van der Waals surface area contributed by atoms with Gasteiger partial charge in [0.2, 0.25) is 0 Å². The van der Waals surface area contributed by atoms with Crippen molar-refractivity contribution < 1.29 is 0 Å². The zero-order chi connectivity index (χ0) is 11.1. The van der Waals surface area contributed by atoms with Crippen LogP contribution in [0.2, 0.25) is 0 Å². The van der Waals surface area contributed by atoms with E-state index in [9.17, 15) is 0 Å². The smallest absolute Gasteiger partial charge is 0.0781 e. The van der Waals surface area contributed by atoms with Gasteiger partial charge in [0.15, 0.2) is 0 Å². The van der Waals surface area contributed by atoms with Gasteiger partial charge in [-0.2, -0.15) is 0 Å². The molecular weight excluding hydrogens is 190 g/mol. The molecule has 15 heavy (non-hydrogen) atoms. The van der Waals surface area contributed by atoms with Gasteiger partial charge in [-0.25, -0.2) is 0 Å². The first kappa shape index (κ1) is 11.6. The van der Waals surface area contributed by atoms with Crippen molar-refractivity contribution in [1.82, 2.24) is 10.6 Å². The molecule has 1 aromatic carbocycles. The van der Waals surface area contributed by atoms with Crippen molar-refractivity contribution in [2.45, 2.75) is 0 Å². The Hall–Kier alpha value is -1.46. The monoisotopic (exact) mass is 209 g/mol. The number of rotatable bonds is 0. The molecule has 1 aliphatic heterocycles. The van der Waals surface area contributed by atoms with Crippen LogP contribution < -0.4 is 27.8 Å². The van der Waals surface area contributed by atoms with Crippen LogP contribution in [0.4, 0.5) is 17.1 Å². The van der Waals surface area contributed by atoms with Crippen LogP contribution in [-0.4, -0.2) is 26.2 Å². The largest absolute Gasteiger partial charge is 0.397 e. The zero-order valence-electron chi connectivity index (χ0n) is 8.79. The van der Waals surface area contributed by atoms with Gasteiger partial charge >= 0.3 is 0 Å². The topological polar surface area (TPSA) is 102 Å². The van der Waals surface area contributed by atoms with E-state index in [1.807, 2.05) is 0 Å². The standard InChI is InChI=1S/C6H9N3.C4H10N2/c7-4-2-1-3-5(8)6(4)9;1-2-6-4-3-5-1/h1-3H,7-9H2;5-6H,1-4H2. The molecule has 0 atom stereocenters. The van der Waals surface area contributed by atoms with Gasteiger partial charge in [0.05, 0.1) is 17.1 Å². The van der Waals surface area contributed by atoms with Crippen LogP contribution in [0.3, 0.4) is 0 Å². The van der Waals surface area contributed by atoms with E-state index in [2.05, 4.69) is 10.6 Å². The summed E-state index contributed by atoms with van der Waals surface area (Å²) in [4.78, 5) is 0. The highest BCUT2D eigenvalue weighted by molar-refractivity contribution is 5.76. The van der Waals surface area contributed by atoms with E-state index in [-0.39, 0.29) is 0 Å². The molecule has 5 nitrogen and oxygen atoms in total. The molecule has 1 aromatic rings. The Morgan fingerprint density at radius 1 is 0.800 bits per heavy atom. The van der Waals surface area contributed by atoms with Crippen molar-refractivity contribution in [1.29, 1.82) is 0 Å². The summed E-state index contributed by atoms with van der Waals surface area (Å²) < 4.78 is 0. The van der Waals surface area contributed by atoms with Crippen molar-refractivity contribution in [3.8, 4) is 0 Å². The van der Waals surface area contributed by atoms with Crippen LogP contribution >= 0.6 is 0 Å². The van der Waals surface area contributed by atoms with E-state index < -0.39 is 0 Å². The molecule has 1 saturated heterocycles. The molecule has 0 spiro atoms. The third-order valence-corrected chi connectivity index (χ3v) is 2.13. The average Bonchev–Trinajstić information content (AvgIpc) is 2.29. The van der Waals surface area contributed by atoms with E-state index >= 15 is 0 Å². The Balaban J connectivity index is 0.000000162. The number of hydrogen-bond acceptors (Lipinski definition) is 5. The summed E-state index contributed by atoms with van der Waals surface area (Å²) in [6.07, 6.45) is 0. The quantitative estimate of drug-likeness (QED) is 0.375. The lowest BCUT2D eigenvalue weighted by molar-refractivity contribution is 0.534. The average molecular weight is 209 g/mol. The summed E-state index contributed by atoms with van der Waals surface area (Å²) in [5.41, 5.74) is 17.8. The van der Waals surface area contributed by atoms with Crippen LogP contribution in [0.15, 0.2) is 18.2 Å². The van der Waals surface area contributed by atoms with E-state index in [0.717, 1.165) is 26.2 Å². The lowest BCUT2D eigenvalue weighted by atomic mass is 10.2. The van der Waals surface area contributed by atoms with Gasteiger partial charge in [-0.3, -0.25) is 0 Å². The minimum atomic E-state index is 0.470. The van der Waals surface area contributed by atoms with Gasteiger partial charge in [-0.15, -0.1) is 0 Å². The predicted molar refractivity (Wildman–Crippen MR) is 65.4 cm³/mol. The fourth-order valence-electron chi connectivity index (χ4n) is 1.21. The van der Waals surface area contributed by atoms with Crippen molar-refractivity contribution in [2.24, 2.45) is 0 Å². The maximum Gasteiger partial charge on any atom is 0.0781 e. The molecule has 0 radical (unpaired) electrons. The van der Waals surface area contributed by atoms with Crippen molar-refractivity contribution in [3.05, 3.63) is 18.2 Å². The molecule has 1 fully saturated rings. The number of hydrogen-bond donors (Lipinski definition) is 5. The number of benzene rings is 1. The Kier molecular flexibility index (Phi) is 4.73. The second-order valence-electron chi connectivity index (χ2n) is 3.35. The summed E-state index contributed by atoms with van der Waals surface area (Å²) >= 11 is 0. The minimum absolute atomic E-state index is 0.470. The summed E-state index contributed by atoms with van der Waals surface area (Å²) in [5, 5.41) is 6.44. The van der Waals surface area contributed by atoms with Crippen molar-refractivity contribution in [3.63, 3.8) is 0 Å². The molecule has 8 N–H and O–H groups in total. The van der Waals surface area contributed by atoms with Gasteiger partial charge in [-0.1, -0.05) is 6.07 Å². The zero-order valence-corrected chi connectivity index (χ0v) is 8.79. The number of nitrogens with one attached hydrogen (secondary N) is 2. The molecule has 0 amide bonds. The summed E-state index contributed by atoms with van der Waals surface area (Å²) in [7, 11) is 0. The van der Waals surface area contributed by atoms with Crippen LogP contribution in [0, 0.1) is 0 Å². The molecule has 0 aromatic heterocycles. The first-order chi connectivity index (χ1) is 7.22. The molecule has 0 saturated carbocycles. The minimum Gasteiger partial charge on any atom is -0.397 e. The Bertz CT molecular complexity index is 264. The van der Waals surface area contributed by atoms with Gasteiger partial charge in [-0.05, 0) is 12.1 Å². The number of piperazine rings is 1. The molecule has 0 aliphatic carbocycles. The SMILES string of the molecule is C1CNCCN1.Nc1cccc(N)c1N. The van der Waals surface area contributed by atoms with Crippen LogP contribution in [0.5, 0.6) is 0 Å². The third-order valence-electron chi connectivity index (χ3n) is 2.13. The normalized spacial score (nSPS) is 15.2. The van der Waals surface area contributed by atoms with Gasteiger partial charge < -0.3 is 27.8 Å². The fourth-order valence-corrected chi connectivity index (χ4v) is 1.21. The molecule has 0 unspecified atom stereocenters. The summed E-state index contributed by atoms with van der Waals surface area (Å²) in [5.74, 6) is 0. The van der Waals surface area contributed by atoms with Crippen LogP contribution in [-0.2, 0) is 0 Å². The molecule has 0 bridgehead atoms. The maximum atomic E-state index is 5.43. The molecule has 5 heteroatoms.